The molecule has 0 saturated heterocycles. The van der Waals surface area contributed by atoms with Crippen LogP contribution in [0, 0.1) is 0 Å². The molecule has 4 nitrogen and oxygen atoms in total. The first-order valence-electron chi connectivity index (χ1n) is 11.4. The number of benzene rings is 3. The van der Waals surface area contributed by atoms with Gasteiger partial charge < -0.3 is 10.2 Å². The van der Waals surface area contributed by atoms with Gasteiger partial charge in [-0.3, -0.25) is 9.59 Å². The van der Waals surface area contributed by atoms with E-state index < -0.39 is 11.6 Å². The van der Waals surface area contributed by atoms with Crippen LogP contribution in [0.3, 0.4) is 0 Å². The molecule has 0 aliphatic carbocycles. The van der Waals surface area contributed by atoms with Crippen LogP contribution in [0.15, 0.2) is 72.8 Å². The number of hydrogen-bond acceptors (Lipinski definition) is 2. The van der Waals surface area contributed by atoms with Gasteiger partial charge in [0.1, 0.15) is 6.04 Å². The number of halogens is 3. The fourth-order valence-corrected chi connectivity index (χ4v) is 4.17. The number of nitrogens with zero attached hydrogens (tertiary/aromatic N) is 1. The Bertz CT molecular complexity index is 1160. The van der Waals surface area contributed by atoms with Gasteiger partial charge in [0.15, 0.2) is 0 Å². The number of amides is 2. The summed E-state index contributed by atoms with van der Waals surface area (Å²) in [5.74, 6) is -0.394. The molecule has 0 radical (unpaired) electrons. The van der Waals surface area contributed by atoms with E-state index in [1.807, 2.05) is 69.3 Å². The van der Waals surface area contributed by atoms with E-state index in [4.69, 9.17) is 34.8 Å². The summed E-state index contributed by atoms with van der Waals surface area (Å²) in [6.45, 7) is 5.97. The summed E-state index contributed by atoms with van der Waals surface area (Å²) < 4.78 is 0. The molecule has 3 rings (SSSR count). The fraction of sp³-hybridized carbons (Fsp3) is 0.286. The van der Waals surface area contributed by atoms with Crippen LogP contribution in [-0.4, -0.2) is 28.3 Å². The molecular formula is C28H29Cl3N2O2. The molecule has 0 aliphatic heterocycles. The summed E-state index contributed by atoms with van der Waals surface area (Å²) in [5, 5.41) is 4.48. The molecule has 0 bridgehead atoms. The minimum atomic E-state index is -0.731. The monoisotopic (exact) mass is 530 g/mol. The summed E-state index contributed by atoms with van der Waals surface area (Å²) in [6.07, 6.45) is 0.503. The lowest BCUT2D eigenvalue weighted by Gasteiger charge is -2.34. The van der Waals surface area contributed by atoms with E-state index in [1.165, 1.54) is 0 Å². The summed E-state index contributed by atoms with van der Waals surface area (Å²) >= 11 is 18.4. The highest BCUT2D eigenvalue weighted by Crippen LogP contribution is 2.25. The molecule has 1 atom stereocenters. The Morgan fingerprint density at radius 3 is 2.06 bits per heavy atom. The van der Waals surface area contributed by atoms with E-state index in [2.05, 4.69) is 5.32 Å². The Morgan fingerprint density at radius 1 is 0.829 bits per heavy atom. The number of rotatable bonds is 8. The Hall–Kier alpha value is -2.53. The Balaban J connectivity index is 2.00. The van der Waals surface area contributed by atoms with Gasteiger partial charge in [0.05, 0.1) is 16.5 Å². The van der Waals surface area contributed by atoms with E-state index in [0.29, 0.717) is 21.5 Å². The smallest absolute Gasteiger partial charge is 0.243 e. The van der Waals surface area contributed by atoms with Crippen LogP contribution in [0.1, 0.15) is 37.5 Å². The van der Waals surface area contributed by atoms with Crippen LogP contribution in [0.4, 0.5) is 0 Å². The molecule has 3 aromatic rings. The number of carbonyl (C=O) groups is 2. The molecule has 0 aliphatic rings. The molecule has 7 heteroatoms. The first-order chi connectivity index (χ1) is 16.5. The first-order valence-corrected chi connectivity index (χ1v) is 12.5. The van der Waals surface area contributed by atoms with Gasteiger partial charge in [-0.1, -0.05) is 83.3 Å². The standard InChI is InChI=1S/C28H29Cl3N2O2/c1-28(2,3)32-27(35)25(16-19-7-5-4-6-8-19)33(18-21-11-14-23(30)24(31)15-21)26(34)17-20-9-12-22(29)13-10-20/h4-15,25H,16-18H2,1-3H3,(H,32,35)/t25-/m1/s1. The molecule has 1 N–H and O–H groups in total. The van der Waals surface area contributed by atoms with Crippen LogP contribution in [0.25, 0.3) is 0 Å². The minimum Gasteiger partial charge on any atom is -0.350 e. The van der Waals surface area contributed by atoms with Crippen molar-refractivity contribution < 1.29 is 9.59 Å². The summed E-state index contributed by atoms with van der Waals surface area (Å²) in [4.78, 5) is 28.9. The topological polar surface area (TPSA) is 49.4 Å². The first kappa shape index (κ1) is 27.1. The normalized spacial score (nSPS) is 12.2. The molecule has 0 unspecified atom stereocenters. The zero-order valence-electron chi connectivity index (χ0n) is 20.0. The second kappa shape index (κ2) is 11.9. The lowest BCUT2D eigenvalue weighted by Crippen LogP contribution is -2.54. The summed E-state index contributed by atoms with van der Waals surface area (Å²) in [7, 11) is 0. The minimum absolute atomic E-state index is 0.132. The van der Waals surface area contributed by atoms with Crippen molar-refractivity contribution in [3.8, 4) is 0 Å². The van der Waals surface area contributed by atoms with Crippen molar-refractivity contribution in [2.45, 2.75) is 51.7 Å². The van der Waals surface area contributed by atoms with Crippen LogP contribution in [-0.2, 0) is 29.0 Å². The molecule has 0 heterocycles. The van der Waals surface area contributed by atoms with Gasteiger partial charge >= 0.3 is 0 Å². The van der Waals surface area contributed by atoms with Gasteiger partial charge in [-0.25, -0.2) is 0 Å². The molecular weight excluding hydrogens is 503 g/mol. The number of hydrogen-bond donors (Lipinski definition) is 1. The van der Waals surface area contributed by atoms with E-state index in [9.17, 15) is 9.59 Å². The highest BCUT2D eigenvalue weighted by Gasteiger charge is 2.32. The Labute approximate surface area is 222 Å². The van der Waals surface area contributed by atoms with Crippen LogP contribution >= 0.6 is 34.8 Å². The Kier molecular flexibility index (Phi) is 9.23. The molecule has 0 spiro atoms. The zero-order valence-corrected chi connectivity index (χ0v) is 22.3. The van der Waals surface area contributed by atoms with Crippen molar-refractivity contribution in [1.29, 1.82) is 0 Å². The van der Waals surface area contributed by atoms with E-state index in [-0.39, 0.29) is 24.8 Å². The predicted octanol–water partition coefficient (Wildman–Crippen LogP) is 6.74. The maximum atomic E-state index is 13.7. The quantitative estimate of drug-likeness (QED) is 0.350. The van der Waals surface area contributed by atoms with Gasteiger partial charge in [-0.2, -0.15) is 0 Å². The van der Waals surface area contributed by atoms with Crippen molar-refractivity contribution in [1.82, 2.24) is 10.2 Å². The predicted molar refractivity (Wildman–Crippen MR) is 144 cm³/mol. The highest BCUT2D eigenvalue weighted by molar-refractivity contribution is 6.42. The van der Waals surface area contributed by atoms with Crippen molar-refractivity contribution in [2.24, 2.45) is 0 Å². The maximum absolute atomic E-state index is 13.7. The Morgan fingerprint density at radius 2 is 1.46 bits per heavy atom. The summed E-state index contributed by atoms with van der Waals surface area (Å²) in [6, 6.07) is 21.3. The van der Waals surface area contributed by atoms with Crippen molar-refractivity contribution in [3.63, 3.8) is 0 Å². The van der Waals surface area contributed by atoms with Crippen LogP contribution in [0.5, 0.6) is 0 Å². The van der Waals surface area contributed by atoms with Gasteiger partial charge in [0.2, 0.25) is 11.8 Å². The average molecular weight is 532 g/mol. The molecule has 3 aromatic carbocycles. The second-order valence-corrected chi connectivity index (χ2v) is 10.8. The SMILES string of the molecule is CC(C)(C)NC(=O)[C@@H](Cc1ccccc1)N(Cc1ccc(Cl)c(Cl)c1)C(=O)Cc1ccc(Cl)cc1. The lowest BCUT2D eigenvalue weighted by molar-refractivity contribution is -0.141. The van der Waals surface area contributed by atoms with Gasteiger partial charge in [0.25, 0.3) is 0 Å². The third kappa shape index (κ3) is 8.28. The largest absolute Gasteiger partial charge is 0.350 e. The molecule has 35 heavy (non-hydrogen) atoms. The maximum Gasteiger partial charge on any atom is 0.243 e. The molecule has 184 valence electrons. The van der Waals surface area contributed by atoms with Gasteiger partial charge in [0, 0.05) is 23.5 Å². The van der Waals surface area contributed by atoms with Crippen molar-refractivity contribution in [3.05, 3.63) is 105 Å². The van der Waals surface area contributed by atoms with E-state index in [1.54, 1.807) is 29.2 Å². The molecule has 0 aromatic heterocycles. The van der Waals surface area contributed by atoms with Gasteiger partial charge in [-0.15, -0.1) is 0 Å². The van der Waals surface area contributed by atoms with E-state index in [0.717, 1.165) is 16.7 Å². The van der Waals surface area contributed by atoms with E-state index >= 15 is 0 Å². The zero-order chi connectivity index (χ0) is 25.6. The third-order valence-corrected chi connectivity index (χ3v) is 6.37. The lowest BCUT2D eigenvalue weighted by atomic mass is 10.00. The molecule has 0 fully saturated rings. The number of nitrogens with one attached hydrogen (secondary N) is 1. The van der Waals surface area contributed by atoms with Crippen molar-refractivity contribution in [2.75, 3.05) is 0 Å². The van der Waals surface area contributed by atoms with Crippen LogP contribution in [0.2, 0.25) is 15.1 Å². The third-order valence-electron chi connectivity index (χ3n) is 5.37. The second-order valence-electron chi connectivity index (χ2n) is 9.52. The molecule has 2 amide bonds. The number of carbonyl (C=O) groups excluding carboxylic acids is 2. The van der Waals surface area contributed by atoms with Crippen LogP contribution < -0.4 is 5.32 Å². The fourth-order valence-electron chi connectivity index (χ4n) is 3.72. The summed E-state index contributed by atoms with van der Waals surface area (Å²) in [5.41, 5.74) is 2.10. The van der Waals surface area contributed by atoms with Gasteiger partial charge in [-0.05, 0) is 61.7 Å². The van der Waals surface area contributed by atoms with Crippen molar-refractivity contribution >= 4 is 46.6 Å². The highest BCUT2D eigenvalue weighted by atomic mass is 35.5. The molecule has 0 saturated carbocycles. The average Bonchev–Trinajstić information content (AvgIpc) is 2.79.